The van der Waals surface area contributed by atoms with Crippen LogP contribution in [-0.4, -0.2) is 44.4 Å². The smallest absolute Gasteiger partial charge is 0.243 e. The standard InChI is InChI=1S/C15H24N4O2S/c1-11(2)19(4)22(20,21)14-7-5-13(6-8-14)10-17-15-16-9-12(3)18-15/h5-8,11-12H,9-10H2,1-4H3,(H2,16,17,18). The SMILES string of the molecule is CC1CN=C(NCc2ccc(S(=O)(=O)N(C)C(C)C)cc2)N1. The number of hydrogen-bond acceptors (Lipinski definition) is 5. The lowest BCUT2D eigenvalue weighted by Crippen LogP contribution is -2.37. The number of nitrogens with one attached hydrogen (secondary N) is 2. The van der Waals surface area contributed by atoms with Crippen molar-refractivity contribution in [2.75, 3.05) is 13.6 Å². The summed E-state index contributed by atoms with van der Waals surface area (Å²) < 4.78 is 26.1. The third-order valence-corrected chi connectivity index (χ3v) is 5.74. The van der Waals surface area contributed by atoms with Crippen LogP contribution in [0, 0.1) is 0 Å². The summed E-state index contributed by atoms with van der Waals surface area (Å²) in [7, 11) is -1.82. The molecule has 1 atom stereocenters. The fourth-order valence-corrected chi connectivity index (χ4v) is 3.44. The number of hydrogen-bond donors (Lipinski definition) is 2. The molecule has 7 heteroatoms. The molecule has 0 aromatic heterocycles. The normalized spacial score (nSPS) is 18.5. The first kappa shape index (κ1) is 16.8. The highest BCUT2D eigenvalue weighted by Gasteiger charge is 2.22. The van der Waals surface area contributed by atoms with E-state index in [4.69, 9.17) is 0 Å². The van der Waals surface area contributed by atoms with Crippen molar-refractivity contribution in [1.82, 2.24) is 14.9 Å². The highest BCUT2D eigenvalue weighted by molar-refractivity contribution is 7.89. The van der Waals surface area contributed by atoms with Crippen LogP contribution in [0.1, 0.15) is 26.3 Å². The summed E-state index contributed by atoms with van der Waals surface area (Å²) in [6, 6.07) is 7.25. The number of sulfonamides is 1. The van der Waals surface area contributed by atoms with Gasteiger partial charge in [0.1, 0.15) is 0 Å². The second-order valence-corrected chi connectivity index (χ2v) is 7.84. The minimum Gasteiger partial charge on any atom is -0.352 e. The molecule has 0 aliphatic carbocycles. The van der Waals surface area contributed by atoms with Crippen molar-refractivity contribution in [3.05, 3.63) is 29.8 Å². The van der Waals surface area contributed by atoms with Crippen molar-refractivity contribution in [3.8, 4) is 0 Å². The Balaban J connectivity index is 2.01. The summed E-state index contributed by atoms with van der Waals surface area (Å²) >= 11 is 0. The fourth-order valence-electron chi connectivity index (χ4n) is 2.07. The molecule has 0 fully saturated rings. The van der Waals surface area contributed by atoms with Gasteiger partial charge in [0.15, 0.2) is 5.96 Å². The zero-order valence-corrected chi connectivity index (χ0v) is 14.3. The summed E-state index contributed by atoms with van der Waals surface area (Å²) in [6.07, 6.45) is 0. The molecule has 6 nitrogen and oxygen atoms in total. The highest BCUT2D eigenvalue weighted by Crippen LogP contribution is 2.17. The van der Waals surface area contributed by atoms with Gasteiger partial charge in [-0.25, -0.2) is 8.42 Å². The molecule has 1 unspecified atom stereocenters. The van der Waals surface area contributed by atoms with Crippen LogP contribution >= 0.6 is 0 Å². The average molecular weight is 324 g/mol. The summed E-state index contributed by atoms with van der Waals surface area (Å²) in [5, 5.41) is 6.43. The van der Waals surface area contributed by atoms with Gasteiger partial charge in [-0.15, -0.1) is 0 Å². The van der Waals surface area contributed by atoms with E-state index >= 15 is 0 Å². The second kappa shape index (κ2) is 6.66. The number of nitrogens with zero attached hydrogens (tertiary/aromatic N) is 2. The van der Waals surface area contributed by atoms with E-state index in [2.05, 4.69) is 22.5 Å². The Labute approximate surface area is 132 Å². The molecule has 1 aromatic carbocycles. The minimum absolute atomic E-state index is 0.0696. The zero-order chi connectivity index (χ0) is 16.3. The monoisotopic (exact) mass is 324 g/mol. The first-order valence-electron chi connectivity index (χ1n) is 7.42. The van der Waals surface area contributed by atoms with Gasteiger partial charge in [-0.3, -0.25) is 4.99 Å². The van der Waals surface area contributed by atoms with Crippen molar-refractivity contribution >= 4 is 16.0 Å². The van der Waals surface area contributed by atoms with Crippen LogP contribution in [0.3, 0.4) is 0 Å². The molecule has 0 saturated heterocycles. The molecule has 122 valence electrons. The molecule has 22 heavy (non-hydrogen) atoms. The first-order valence-corrected chi connectivity index (χ1v) is 8.86. The third-order valence-electron chi connectivity index (χ3n) is 3.69. The third kappa shape index (κ3) is 3.78. The number of benzene rings is 1. The van der Waals surface area contributed by atoms with E-state index in [0.29, 0.717) is 17.5 Å². The molecule has 0 amide bonds. The largest absolute Gasteiger partial charge is 0.352 e. The van der Waals surface area contributed by atoms with E-state index in [0.717, 1.165) is 18.1 Å². The predicted octanol–water partition coefficient (Wildman–Crippen LogP) is 1.15. The lowest BCUT2D eigenvalue weighted by atomic mass is 10.2. The second-order valence-electron chi connectivity index (χ2n) is 5.85. The van der Waals surface area contributed by atoms with E-state index in [1.807, 2.05) is 26.0 Å². The predicted molar refractivity (Wildman–Crippen MR) is 88.3 cm³/mol. The van der Waals surface area contributed by atoms with Gasteiger partial charge in [-0.1, -0.05) is 12.1 Å². The van der Waals surface area contributed by atoms with Crippen LogP contribution in [-0.2, 0) is 16.6 Å². The minimum atomic E-state index is -3.42. The van der Waals surface area contributed by atoms with Crippen molar-refractivity contribution in [3.63, 3.8) is 0 Å². The molecule has 0 bridgehead atoms. The van der Waals surface area contributed by atoms with Gasteiger partial charge in [0.25, 0.3) is 0 Å². The summed E-state index contributed by atoms with van der Waals surface area (Å²) in [4.78, 5) is 4.64. The number of guanidine groups is 1. The lowest BCUT2D eigenvalue weighted by Gasteiger charge is -2.21. The van der Waals surface area contributed by atoms with Crippen molar-refractivity contribution in [2.24, 2.45) is 4.99 Å². The maximum absolute atomic E-state index is 12.4. The maximum Gasteiger partial charge on any atom is 0.243 e. The quantitative estimate of drug-likeness (QED) is 0.852. The molecule has 1 aliphatic rings. The lowest BCUT2D eigenvalue weighted by molar-refractivity contribution is 0.410. The zero-order valence-electron chi connectivity index (χ0n) is 13.5. The molecule has 2 rings (SSSR count). The molecule has 1 aliphatic heterocycles. The summed E-state index contributed by atoms with van der Waals surface area (Å²) in [5.74, 6) is 0.795. The summed E-state index contributed by atoms with van der Waals surface area (Å²) in [6.45, 7) is 7.17. The average Bonchev–Trinajstić information content (AvgIpc) is 2.90. The Hall–Kier alpha value is -1.60. The van der Waals surface area contributed by atoms with Crippen LogP contribution in [0.4, 0.5) is 0 Å². The van der Waals surface area contributed by atoms with E-state index in [-0.39, 0.29) is 6.04 Å². The Morgan fingerprint density at radius 2 is 2.00 bits per heavy atom. The molecular weight excluding hydrogens is 300 g/mol. The Morgan fingerprint density at radius 3 is 2.50 bits per heavy atom. The van der Waals surface area contributed by atoms with Crippen LogP contribution < -0.4 is 10.6 Å². The van der Waals surface area contributed by atoms with Gasteiger partial charge >= 0.3 is 0 Å². The van der Waals surface area contributed by atoms with E-state index < -0.39 is 10.0 Å². The van der Waals surface area contributed by atoms with Crippen LogP contribution in [0.5, 0.6) is 0 Å². The van der Waals surface area contributed by atoms with Gasteiger partial charge in [0, 0.05) is 25.7 Å². The van der Waals surface area contributed by atoms with Gasteiger partial charge in [0.05, 0.1) is 11.4 Å². The van der Waals surface area contributed by atoms with Gasteiger partial charge < -0.3 is 10.6 Å². The fraction of sp³-hybridized carbons (Fsp3) is 0.533. The van der Waals surface area contributed by atoms with Gasteiger partial charge in [-0.2, -0.15) is 4.31 Å². The number of aliphatic imine (C=N–C) groups is 1. The van der Waals surface area contributed by atoms with Crippen molar-refractivity contribution in [1.29, 1.82) is 0 Å². The van der Waals surface area contributed by atoms with E-state index in [1.165, 1.54) is 4.31 Å². The Kier molecular flexibility index (Phi) is 5.08. The van der Waals surface area contributed by atoms with Crippen molar-refractivity contribution < 1.29 is 8.42 Å². The van der Waals surface area contributed by atoms with Gasteiger partial charge in [-0.05, 0) is 38.5 Å². The molecule has 1 aromatic rings. The molecule has 2 N–H and O–H groups in total. The van der Waals surface area contributed by atoms with Crippen molar-refractivity contribution in [2.45, 2.75) is 44.3 Å². The topological polar surface area (TPSA) is 73.8 Å². The Bertz CT molecular complexity index is 638. The van der Waals surface area contributed by atoms with E-state index in [9.17, 15) is 8.42 Å². The highest BCUT2D eigenvalue weighted by atomic mass is 32.2. The molecular formula is C15H24N4O2S. The number of rotatable bonds is 5. The molecule has 0 spiro atoms. The molecule has 0 radical (unpaired) electrons. The first-order chi connectivity index (χ1) is 10.3. The van der Waals surface area contributed by atoms with Gasteiger partial charge in [0.2, 0.25) is 10.0 Å². The maximum atomic E-state index is 12.4. The molecule has 1 heterocycles. The van der Waals surface area contributed by atoms with Crippen LogP contribution in [0.25, 0.3) is 0 Å². The van der Waals surface area contributed by atoms with Crippen LogP contribution in [0.2, 0.25) is 0 Å². The molecule has 0 saturated carbocycles. The Morgan fingerprint density at radius 1 is 1.36 bits per heavy atom. The van der Waals surface area contributed by atoms with E-state index in [1.54, 1.807) is 19.2 Å². The van der Waals surface area contributed by atoms with Crippen LogP contribution in [0.15, 0.2) is 34.2 Å². The summed E-state index contributed by atoms with van der Waals surface area (Å²) in [5.41, 5.74) is 1.01.